The lowest BCUT2D eigenvalue weighted by Gasteiger charge is -2.15. The predicted octanol–water partition coefficient (Wildman–Crippen LogP) is 3.12. The minimum Gasteiger partial charge on any atom is -0.285 e. The number of nitrogens with one attached hydrogen (secondary N) is 2. The van der Waals surface area contributed by atoms with Gasteiger partial charge in [0.05, 0.1) is 32.4 Å². The van der Waals surface area contributed by atoms with Crippen LogP contribution in [0, 0.1) is 5.92 Å². The maximum atomic E-state index is 12.9. The van der Waals surface area contributed by atoms with Crippen LogP contribution in [-0.4, -0.2) is 48.2 Å². The zero-order valence-corrected chi connectivity index (χ0v) is 19.4. The second-order valence-electron chi connectivity index (χ2n) is 7.56. The maximum Gasteiger partial charge on any atom is 0.416 e. The van der Waals surface area contributed by atoms with Gasteiger partial charge in [0.15, 0.2) is 0 Å². The standard InChI is InChI=1S/C21H21F3N6O3S/c1-11(25-26-18(31)15-9-10-16(34-15)19(32)28-29(3)4)17-12(2)27-30(20(17)33)14-7-5-13(6-8-14)21(22,23)24/h5-10,17H,1-4H3,(H,26,31)(H,28,32)/b25-11+. The van der Waals surface area contributed by atoms with Crippen molar-refractivity contribution in [1.82, 2.24) is 15.9 Å². The highest BCUT2D eigenvalue weighted by Gasteiger charge is 2.37. The number of carbonyl (C=O) groups excluding carboxylic acids is 3. The first-order valence-electron chi connectivity index (χ1n) is 9.87. The number of hydrogen-bond acceptors (Lipinski definition) is 7. The van der Waals surface area contributed by atoms with Crippen LogP contribution < -0.4 is 15.9 Å². The van der Waals surface area contributed by atoms with E-state index in [1.54, 1.807) is 21.0 Å². The summed E-state index contributed by atoms with van der Waals surface area (Å²) in [6.07, 6.45) is -4.49. The lowest BCUT2D eigenvalue weighted by atomic mass is 9.99. The van der Waals surface area contributed by atoms with Crippen molar-refractivity contribution >= 4 is 46.2 Å². The number of carbonyl (C=O) groups is 3. The third-order valence-electron chi connectivity index (χ3n) is 4.70. The number of amides is 3. The molecule has 0 aliphatic carbocycles. The van der Waals surface area contributed by atoms with Gasteiger partial charge in [-0.3, -0.25) is 19.8 Å². The van der Waals surface area contributed by atoms with E-state index in [9.17, 15) is 27.6 Å². The summed E-state index contributed by atoms with van der Waals surface area (Å²) in [4.78, 5) is 37.9. The first-order chi connectivity index (χ1) is 15.9. The Morgan fingerprint density at radius 1 is 1.09 bits per heavy atom. The molecule has 1 atom stereocenters. The number of halogens is 3. The number of thiophene rings is 1. The average molecular weight is 494 g/mol. The van der Waals surface area contributed by atoms with Gasteiger partial charge in [0.2, 0.25) is 0 Å². The van der Waals surface area contributed by atoms with Gasteiger partial charge in [0.25, 0.3) is 17.7 Å². The fourth-order valence-corrected chi connectivity index (χ4v) is 3.91. The van der Waals surface area contributed by atoms with Gasteiger partial charge in [-0.1, -0.05) is 0 Å². The van der Waals surface area contributed by atoms with E-state index < -0.39 is 29.5 Å². The molecule has 1 aromatic heterocycles. The van der Waals surface area contributed by atoms with Crippen LogP contribution in [0.15, 0.2) is 46.6 Å². The lowest BCUT2D eigenvalue weighted by molar-refractivity contribution is -0.137. The molecule has 0 fully saturated rings. The monoisotopic (exact) mass is 494 g/mol. The van der Waals surface area contributed by atoms with Crippen LogP contribution in [0.1, 0.15) is 38.8 Å². The molecule has 1 unspecified atom stereocenters. The first kappa shape index (κ1) is 25.1. The van der Waals surface area contributed by atoms with Crippen LogP contribution >= 0.6 is 11.3 Å². The molecule has 0 saturated carbocycles. The van der Waals surface area contributed by atoms with Crippen molar-refractivity contribution in [3.05, 3.63) is 51.7 Å². The Balaban J connectivity index is 1.68. The normalized spacial score (nSPS) is 16.6. The van der Waals surface area contributed by atoms with Gasteiger partial charge >= 0.3 is 6.18 Å². The van der Waals surface area contributed by atoms with E-state index in [2.05, 4.69) is 21.1 Å². The van der Waals surface area contributed by atoms with Crippen LogP contribution in [-0.2, 0) is 11.0 Å². The number of hydrazone groups is 2. The summed E-state index contributed by atoms with van der Waals surface area (Å²) in [5.41, 5.74) is 4.89. The van der Waals surface area contributed by atoms with E-state index >= 15 is 0 Å². The molecule has 3 amide bonds. The van der Waals surface area contributed by atoms with Gasteiger partial charge in [-0.05, 0) is 50.2 Å². The molecule has 2 heterocycles. The van der Waals surface area contributed by atoms with Gasteiger partial charge < -0.3 is 0 Å². The van der Waals surface area contributed by atoms with Gasteiger partial charge in [0.1, 0.15) is 5.92 Å². The summed E-state index contributed by atoms with van der Waals surface area (Å²) < 4.78 is 38.4. The zero-order valence-electron chi connectivity index (χ0n) is 18.6. The second-order valence-corrected chi connectivity index (χ2v) is 8.65. The summed E-state index contributed by atoms with van der Waals surface area (Å²) in [6.45, 7) is 3.12. The van der Waals surface area contributed by atoms with E-state index in [4.69, 9.17) is 0 Å². The number of nitrogens with zero attached hydrogens (tertiary/aromatic N) is 4. The van der Waals surface area contributed by atoms with Gasteiger partial charge in [-0.15, -0.1) is 11.3 Å². The quantitative estimate of drug-likeness (QED) is 0.475. The third kappa shape index (κ3) is 5.48. The molecule has 9 nitrogen and oxygen atoms in total. The topological polar surface area (TPSA) is 106 Å². The Morgan fingerprint density at radius 2 is 1.68 bits per heavy atom. The minimum absolute atomic E-state index is 0.179. The molecule has 2 N–H and O–H groups in total. The molecular formula is C21H21F3N6O3S. The Labute approximate surface area is 196 Å². The largest absolute Gasteiger partial charge is 0.416 e. The van der Waals surface area contributed by atoms with Gasteiger partial charge in [-0.25, -0.2) is 10.4 Å². The van der Waals surface area contributed by atoms with E-state index in [1.807, 2.05) is 0 Å². The summed E-state index contributed by atoms with van der Waals surface area (Å²) in [5.74, 6) is -2.31. The summed E-state index contributed by atoms with van der Waals surface area (Å²) >= 11 is 0.978. The summed E-state index contributed by atoms with van der Waals surface area (Å²) in [6, 6.07) is 7.06. The number of rotatable bonds is 6. The average Bonchev–Trinajstić information content (AvgIpc) is 3.36. The molecule has 0 bridgehead atoms. The zero-order chi connectivity index (χ0) is 25.2. The van der Waals surface area contributed by atoms with Crippen LogP contribution in [0.4, 0.5) is 18.9 Å². The minimum atomic E-state index is -4.49. The smallest absolute Gasteiger partial charge is 0.285 e. The number of alkyl halides is 3. The van der Waals surface area contributed by atoms with Crippen molar-refractivity contribution in [2.24, 2.45) is 16.1 Å². The number of hydrazine groups is 1. The van der Waals surface area contributed by atoms with Crippen LogP contribution in [0.3, 0.4) is 0 Å². The molecule has 34 heavy (non-hydrogen) atoms. The maximum absolute atomic E-state index is 12.9. The molecule has 0 saturated heterocycles. The molecule has 1 aliphatic rings. The van der Waals surface area contributed by atoms with Crippen molar-refractivity contribution in [2.75, 3.05) is 19.1 Å². The van der Waals surface area contributed by atoms with Crippen LogP contribution in [0.25, 0.3) is 0 Å². The highest BCUT2D eigenvalue weighted by atomic mass is 32.1. The van der Waals surface area contributed by atoms with Crippen molar-refractivity contribution in [3.63, 3.8) is 0 Å². The number of benzene rings is 1. The fourth-order valence-electron chi connectivity index (χ4n) is 3.12. The van der Waals surface area contributed by atoms with Crippen LogP contribution in [0.2, 0.25) is 0 Å². The molecule has 3 rings (SSSR count). The Morgan fingerprint density at radius 3 is 2.24 bits per heavy atom. The van der Waals surface area contributed by atoms with Crippen molar-refractivity contribution in [1.29, 1.82) is 0 Å². The van der Waals surface area contributed by atoms with E-state index in [0.717, 1.165) is 40.6 Å². The molecule has 1 aliphatic heterocycles. The summed E-state index contributed by atoms with van der Waals surface area (Å²) in [5, 5.41) is 10.6. The molecule has 0 spiro atoms. The highest BCUT2D eigenvalue weighted by Crippen LogP contribution is 2.32. The fraction of sp³-hybridized carbons (Fsp3) is 0.286. The van der Waals surface area contributed by atoms with Gasteiger partial charge in [0, 0.05) is 14.1 Å². The number of hydrogen-bond donors (Lipinski definition) is 2. The second kappa shape index (κ2) is 9.73. The molecule has 13 heteroatoms. The van der Waals surface area contributed by atoms with Crippen LogP contribution in [0.5, 0.6) is 0 Å². The van der Waals surface area contributed by atoms with E-state index in [-0.39, 0.29) is 22.2 Å². The third-order valence-corrected chi connectivity index (χ3v) is 5.78. The van der Waals surface area contributed by atoms with Crippen molar-refractivity contribution < 1.29 is 27.6 Å². The molecule has 1 aromatic carbocycles. The summed E-state index contributed by atoms with van der Waals surface area (Å²) in [7, 11) is 3.32. The molecular weight excluding hydrogens is 473 g/mol. The van der Waals surface area contributed by atoms with E-state index in [0.29, 0.717) is 10.6 Å². The molecule has 0 radical (unpaired) electrons. The Bertz CT molecular complexity index is 1170. The van der Waals surface area contributed by atoms with Crippen molar-refractivity contribution in [2.45, 2.75) is 20.0 Å². The Kier molecular flexibility index (Phi) is 7.17. The lowest BCUT2D eigenvalue weighted by Crippen LogP contribution is -2.35. The first-order valence-corrected chi connectivity index (χ1v) is 10.7. The predicted molar refractivity (Wildman–Crippen MR) is 122 cm³/mol. The molecule has 180 valence electrons. The van der Waals surface area contributed by atoms with Gasteiger partial charge in [-0.2, -0.15) is 28.4 Å². The van der Waals surface area contributed by atoms with E-state index in [1.165, 1.54) is 24.1 Å². The SMILES string of the molecule is CC1=NN(c2ccc(C(F)(F)F)cc2)C(=O)C1/C(C)=N/NC(=O)c1ccc(C(=O)NN(C)C)s1. The highest BCUT2D eigenvalue weighted by molar-refractivity contribution is 7.15. The van der Waals surface area contributed by atoms with Crippen molar-refractivity contribution in [3.8, 4) is 0 Å². The Hall–Kier alpha value is -3.58. The molecule has 2 aromatic rings. The number of anilines is 1.